The Balaban J connectivity index is 1.77. The fourth-order valence-electron chi connectivity index (χ4n) is 2.58. The molecule has 0 saturated carbocycles. The second-order valence-corrected chi connectivity index (χ2v) is 5.17. The van der Waals surface area contributed by atoms with Crippen LogP contribution in [0.2, 0.25) is 0 Å². The van der Waals surface area contributed by atoms with Crippen LogP contribution >= 0.6 is 0 Å². The van der Waals surface area contributed by atoms with Crippen molar-refractivity contribution in [3.8, 4) is 11.4 Å². The monoisotopic (exact) mass is 290 g/mol. The van der Waals surface area contributed by atoms with E-state index in [1.165, 1.54) is 0 Å². The van der Waals surface area contributed by atoms with E-state index in [0.717, 1.165) is 27.9 Å². The smallest absolute Gasteiger partial charge is 0.176 e. The van der Waals surface area contributed by atoms with E-state index < -0.39 is 0 Å². The maximum Gasteiger partial charge on any atom is 0.176 e. The molecule has 4 rings (SSSR count). The first-order valence-electron chi connectivity index (χ1n) is 7.03. The summed E-state index contributed by atoms with van der Waals surface area (Å²) >= 11 is 0. The minimum atomic E-state index is 0.551. The Hall–Kier alpha value is -3.08. The maximum absolute atomic E-state index is 10.3. The number of aromatic nitrogens is 4. The van der Waals surface area contributed by atoms with Crippen LogP contribution in [0.25, 0.3) is 22.4 Å². The standard InChI is InChI=1S/C17H14N4O/c22-21-16-7-6-13(11-20-9-8-18-12-20)10-15(16)19-17(21)14-4-2-1-3-5-14/h1-10,12,22H,11H2. The van der Waals surface area contributed by atoms with Crippen molar-refractivity contribution in [2.75, 3.05) is 0 Å². The molecule has 2 heterocycles. The van der Waals surface area contributed by atoms with Crippen LogP contribution in [0, 0.1) is 0 Å². The van der Waals surface area contributed by atoms with Crippen LogP contribution in [0.5, 0.6) is 0 Å². The molecule has 0 saturated heterocycles. The molecular formula is C17H14N4O. The van der Waals surface area contributed by atoms with Crippen molar-refractivity contribution in [2.24, 2.45) is 0 Å². The Bertz CT molecular complexity index is 911. The van der Waals surface area contributed by atoms with E-state index in [1.807, 2.05) is 59.3 Å². The van der Waals surface area contributed by atoms with E-state index in [4.69, 9.17) is 0 Å². The van der Waals surface area contributed by atoms with Gasteiger partial charge < -0.3 is 9.77 Å². The Kier molecular flexibility index (Phi) is 2.89. The van der Waals surface area contributed by atoms with Gasteiger partial charge in [0.2, 0.25) is 0 Å². The summed E-state index contributed by atoms with van der Waals surface area (Å²) in [6.07, 6.45) is 5.46. The highest BCUT2D eigenvalue weighted by Crippen LogP contribution is 2.24. The topological polar surface area (TPSA) is 55.9 Å². The molecule has 0 fully saturated rings. The lowest BCUT2D eigenvalue weighted by molar-refractivity contribution is 0.203. The van der Waals surface area contributed by atoms with Gasteiger partial charge in [-0.1, -0.05) is 36.4 Å². The zero-order chi connectivity index (χ0) is 14.9. The number of hydrogen-bond donors (Lipinski definition) is 1. The van der Waals surface area contributed by atoms with E-state index in [2.05, 4.69) is 9.97 Å². The van der Waals surface area contributed by atoms with E-state index in [-0.39, 0.29) is 0 Å². The van der Waals surface area contributed by atoms with Crippen LogP contribution in [-0.4, -0.2) is 24.5 Å². The van der Waals surface area contributed by atoms with Crippen molar-refractivity contribution in [1.82, 2.24) is 19.3 Å². The highest BCUT2D eigenvalue weighted by molar-refractivity contribution is 5.80. The maximum atomic E-state index is 10.3. The average Bonchev–Trinajstić information content (AvgIpc) is 3.16. The van der Waals surface area contributed by atoms with E-state index in [9.17, 15) is 5.21 Å². The second kappa shape index (κ2) is 5.04. The lowest BCUT2D eigenvalue weighted by Crippen LogP contribution is -1.96. The SMILES string of the molecule is On1c(-c2ccccc2)nc2cc(Cn3ccnc3)ccc21. The van der Waals surface area contributed by atoms with Crippen LogP contribution in [0.1, 0.15) is 5.56 Å². The predicted octanol–water partition coefficient (Wildman–Crippen LogP) is 3.19. The number of rotatable bonds is 3. The third kappa shape index (κ3) is 2.13. The number of fused-ring (bicyclic) bond motifs is 1. The van der Waals surface area contributed by atoms with Crippen molar-refractivity contribution < 1.29 is 5.21 Å². The third-order valence-corrected chi connectivity index (χ3v) is 3.65. The molecule has 0 amide bonds. The molecule has 0 radical (unpaired) electrons. The van der Waals surface area contributed by atoms with E-state index >= 15 is 0 Å². The first-order valence-corrected chi connectivity index (χ1v) is 7.03. The Morgan fingerprint density at radius 2 is 1.91 bits per heavy atom. The normalized spacial score (nSPS) is 11.1. The average molecular weight is 290 g/mol. The molecule has 0 spiro atoms. The molecule has 0 unspecified atom stereocenters. The van der Waals surface area contributed by atoms with Crippen LogP contribution in [-0.2, 0) is 6.54 Å². The largest absolute Gasteiger partial charge is 0.426 e. The quantitative estimate of drug-likeness (QED) is 0.590. The van der Waals surface area contributed by atoms with Gasteiger partial charge in [0.05, 0.1) is 11.8 Å². The van der Waals surface area contributed by atoms with E-state index in [1.54, 1.807) is 12.5 Å². The fraction of sp³-hybridized carbons (Fsp3) is 0.0588. The molecule has 0 aliphatic carbocycles. The lowest BCUT2D eigenvalue weighted by Gasteiger charge is -2.02. The zero-order valence-electron chi connectivity index (χ0n) is 11.8. The van der Waals surface area contributed by atoms with E-state index in [0.29, 0.717) is 11.3 Å². The summed E-state index contributed by atoms with van der Waals surface area (Å²) in [6.45, 7) is 0.731. The van der Waals surface area contributed by atoms with Crippen LogP contribution in [0.15, 0.2) is 67.3 Å². The lowest BCUT2D eigenvalue weighted by atomic mass is 10.2. The Morgan fingerprint density at radius 1 is 1.05 bits per heavy atom. The van der Waals surface area contributed by atoms with Gasteiger partial charge in [-0.2, -0.15) is 4.73 Å². The molecule has 0 aliphatic rings. The van der Waals surface area contributed by atoms with Gasteiger partial charge in [0.25, 0.3) is 0 Å². The molecule has 0 aliphatic heterocycles. The first-order chi connectivity index (χ1) is 10.8. The zero-order valence-corrected chi connectivity index (χ0v) is 11.8. The van der Waals surface area contributed by atoms with Gasteiger partial charge in [0.15, 0.2) is 5.82 Å². The molecule has 5 nitrogen and oxygen atoms in total. The van der Waals surface area contributed by atoms with Crippen molar-refractivity contribution >= 4 is 11.0 Å². The summed E-state index contributed by atoms with van der Waals surface area (Å²) in [5.74, 6) is 0.551. The third-order valence-electron chi connectivity index (χ3n) is 3.65. The summed E-state index contributed by atoms with van der Waals surface area (Å²) in [5, 5.41) is 10.3. The minimum Gasteiger partial charge on any atom is -0.426 e. The minimum absolute atomic E-state index is 0.551. The van der Waals surface area contributed by atoms with Gasteiger partial charge in [-0.05, 0) is 17.7 Å². The highest BCUT2D eigenvalue weighted by atomic mass is 16.5. The van der Waals surface area contributed by atoms with Crippen LogP contribution < -0.4 is 0 Å². The van der Waals surface area contributed by atoms with Gasteiger partial charge in [0.1, 0.15) is 5.52 Å². The Labute approximate surface area is 127 Å². The second-order valence-electron chi connectivity index (χ2n) is 5.17. The molecule has 4 aromatic rings. The van der Waals surface area contributed by atoms with Gasteiger partial charge in [-0.25, -0.2) is 9.97 Å². The molecule has 108 valence electrons. The van der Waals surface area contributed by atoms with Gasteiger partial charge in [-0.15, -0.1) is 0 Å². The summed E-state index contributed by atoms with van der Waals surface area (Å²) in [6, 6.07) is 15.5. The van der Waals surface area contributed by atoms with Crippen LogP contribution in [0.4, 0.5) is 0 Å². The highest BCUT2D eigenvalue weighted by Gasteiger charge is 2.12. The van der Waals surface area contributed by atoms with Crippen molar-refractivity contribution in [3.05, 3.63) is 72.8 Å². The molecule has 2 aromatic carbocycles. The molecule has 22 heavy (non-hydrogen) atoms. The fourth-order valence-corrected chi connectivity index (χ4v) is 2.58. The molecule has 0 bridgehead atoms. The molecular weight excluding hydrogens is 276 g/mol. The molecule has 5 heteroatoms. The summed E-state index contributed by atoms with van der Waals surface area (Å²) < 4.78 is 3.14. The molecule has 1 N–H and O–H groups in total. The number of imidazole rings is 2. The number of hydrogen-bond acceptors (Lipinski definition) is 3. The molecule has 0 atom stereocenters. The van der Waals surface area contributed by atoms with Crippen molar-refractivity contribution in [2.45, 2.75) is 6.54 Å². The van der Waals surface area contributed by atoms with Gasteiger partial charge >= 0.3 is 0 Å². The number of benzene rings is 2. The predicted molar refractivity (Wildman–Crippen MR) is 83.7 cm³/mol. The van der Waals surface area contributed by atoms with Crippen molar-refractivity contribution in [1.29, 1.82) is 0 Å². The summed E-state index contributed by atoms with van der Waals surface area (Å²) in [7, 11) is 0. The number of nitrogens with zero attached hydrogens (tertiary/aromatic N) is 4. The van der Waals surface area contributed by atoms with Gasteiger partial charge in [0, 0.05) is 24.5 Å². The van der Waals surface area contributed by atoms with Crippen LogP contribution in [0.3, 0.4) is 0 Å². The Morgan fingerprint density at radius 3 is 2.68 bits per heavy atom. The van der Waals surface area contributed by atoms with Crippen molar-refractivity contribution in [3.63, 3.8) is 0 Å². The molecule has 2 aromatic heterocycles. The summed E-state index contributed by atoms with van der Waals surface area (Å²) in [4.78, 5) is 8.60. The van der Waals surface area contributed by atoms with Gasteiger partial charge in [-0.3, -0.25) is 0 Å². The first kappa shape index (κ1) is 12.6. The summed E-state index contributed by atoms with van der Waals surface area (Å²) in [5.41, 5.74) is 3.48.